The van der Waals surface area contributed by atoms with Crippen LogP contribution in [-0.4, -0.2) is 11.9 Å². The molecule has 3 aromatic rings. The topological polar surface area (TPSA) is 0 Å². The third-order valence-electron chi connectivity index (χ3n) is 3.14. The normalized spacial score (nSPS) is 11.9. The number of fused-ring (bicyclic) bond motifs is 1. The molecule has 3 rings (SSSR count). The summed E-state index contributed by atoms with van der Waals surface area (Å²) in [7, 11) is -0.0488. The maximum absolute atomic E-state index is 9.67. The van der Waals surface area contributed by atoms with E-state index in [1.807, 2.05) is 6.07 Å². The smallest absolute Gasteiger partial charge is 0.174 e. The molecule has 3 aromatic carbocycles. The Morgan fingerprint density at radius 3 is 1.91 bits per heavy atom. The Hall–Kier alpha value is -1.65. The summed E-state index contributed by atoms with van der Waals surface area (Å²) >= 11 is 6.20. The van der Waals surface area contributed by atoms with Crippen LogP contribution in [0.15, 0.2) is 82.6 Å². The molecule has 0 aliphatic rings. The van der Waals surface area contributed by atoms with Crippen LogP contribution in [0.5, 0.6) is 0 Å². The van der Waals surface area contributed by atoms with Crippen LogP contribution < -0.4 is 0 Å². The highest BCUT2D eigenvalue weighted by Gasteiger charge is 2.23. The lowest BCUT2D eigenvalue weighted by Crippen LogP contribution is -2.04. The monoisotopic (exact) mass is 355 g/mol. The maximum Gasteiger partial charge on any atom is 0.379 e. The molecule has 0 amide bonds. The standard InChI is InChI=1S/C17H14ClS.CHF3/c18-13-19(16-8-2-1-3-9-16)17-11-10-14-6-4-5-7-15(14)12-17;2-1(3)4/h1-12H,13H2;1H/q+1;. The van der Waals surface area contributed by atoms with E-state index in [-0.39, 0.29) is 10.9 Å². The van der Waals surface area contributed by atoms with Gasteiger partial charge in [0.05, 0.1) is 10.9 Å². The van der Waals surface area contributed by atoms with Gasteiger partial charge in [0, 0.05) is 6.07 Å². The van der Waals surface area contributed by atoms with E-state index in [0.29, 0.717) is 5.21 Å². The molecule has 120 valence electrons. The third kappa shape index (κ3) is 5.19. The average molecular weight is 356 g/mol. The zero-order valence-electron chi connectivity index (χ0n) is 12.1. The molecule has 0 saturated heterocycles. The van der Waals surface area contributed by atoms with Gasteiger partial charge in [0.2, 0.25) is 0 Å². The fraction of sp³-hybridized carbons (Fsp3) is 0.111. The molecule has 0 radical (unpaired) electrons. The predicted molar refractivity (Wildman–Crippen MR) is 92.1 cm³/mol. The van der Waals surface area contributed by atoms with E-state index in [1.54, 1.807) is 0 Å². The molecule has 0 aliphatic carbocycles. The summed E-state index contributed by atoms with van der Waals surface area (Å²) in [6.45, 7) is -3.67. The van der Waals surface area contributed by atoms with Gasteiger partial charge in [-0.25, -0.2) is 0 Å². The second-order valence-electron chi connectivity index (χ2n) is 4.57. The largest absolute Gasteiger partial charge is 0.379 e. The maximum atomic E-state index is 9.67. The van der Waals surface area contributed by atoms with E-state index in [0.717, 1.165) is 0 Å². The lowest BCUT2D eigenvalue weighted by Gasteiger charge is -2.06. The third-order valence-corrected chi connectivity index (χ3v) is 5.68. The summed E-state index contributed by atoms with van der Waals surface area (Å²) in [4.78, 5) is 2.60. The molecule has 0 heterocycles. The van der Waals surface area contributed by atoms with E-state index in [1.165, 1.54) is 20.6 Å². The Morgan fingerprint density at radius 1 is 0.739 bits per heavy atom. The zero-order valence-corrected chi connectivity index (χ0v) is 13.7. The average Bonchev–Trinajstić information content (AvgIpc) is 2.56. The molecule has 0 aromatic heterocycles. The summed E-state index contributed by atoms with van der Waals surface area (Å²) in [5.41, 5.74) is 0. The van der Waals surface area contributed by atoms with E-state index in [9.17, 15) is 13.2 Å². The molecule has 0 aliphatic heterocycles. The first-order chi connectivity index (χ1) is 11.1. The first kappa shape index (κ1) is 17.7. The van der Waals surface area contributed by atoms with Crippen LogP contribution in [0.2, 0.25) is 0 Å². The van der Waals surface area contributed by atoms with Crippen LogP contribution in [0, 0.1) is 0 Å². The Morgan fingerprint density at radius 2 is 1.30 bits per heavy atom. The van der Waals surface area contributed by atoms with E-state index < -0.39 is 6.68 Å². The highest BCUT2D eigenvalue weighted by atomic mass is 35.5. The van der Waals surface area contributed by atoms with Crippen molar-refractivity contribution in [2.24, 2.45) is 0 Å². The van der Waals surface area contributed by atoms with Gasteiger partial charge >= 0.3 is 6.68 Å². The highest BCUT2D eigenvalue weighted by molar-refractivity contribution is 7.98. The number of halogens is 4. The van der Waals surface area contributed by atoms with E-state index >= 15 is 0 Å². The number of hydrogen-bond donors (Lipinski definition) is 0. The van der Waals surface area contributed by atoms with Crippen LogP contribution in [0.4, 0.5) is 13.2 Å². The molecule has 1 atom stereocenters. The number of benzene rings is 3. The molecule has 5 heteroatoms. The fourth-order valence-electron chi connectivity index (χ4n) is 2.17. The van der Waals surface area contributed by atoms with Crippen LogP contribution in [-0.2, 0) is 10.9 Å². The summed E-state index contributed by atoms with van der Waals surface area (Å²) < 4.78 is 29.0. The molecule has 0 fully saturated rings. The number of rotatable bonds is 3. The minimum Gasteiger partial charge on any atom is -0.174 e. The van der Waals surface area contributed by atoms with E-state index in [4.69, 9.17) is 11.6 Å². The fourth-order valence-corrected chi connectivity index (χ4v) is 4.43. The van der Waals surface area contributed by atoms with Crippen molar-refractivity contribution in [3.63, 3.8) is 0 Å². The zero-order chi connectivity index (χ0) is 16.7. The SMILES string of the molecule is ClC[S+](c1ccccc1)c1ccc2ccccc2c1.FC(F)F. The second kappa shape index (κ2) is 8.85. The van der Waals surface area contributed by atoms with Gasteiger partial charge < -0.3 is 0 Å². The van der Waals surface area contributed by atoms with Crippen LogP contribution in [0.1, 0.15) is 0 Å². The second-order valence-corrected chi connectivity index (χ2v) is 7.17. The van der Waals surface area contributed by atoms with Gasteiger partial charge in [0.1, 0.15) is 0 Å². The minimum absolute atomic E-state index is 0.0488. The van der Waals surface area contributed by atoms with Crippen molar-refractivity contribution in [2.45, 2.75) is 16.5 Å². The Labute approximate surface area is 141 Å². The summed E-state index contributed by atoms with van der Waals surface area (Å²) in [6, 6.07) is 25.6. The van der Waals surface area contributed by atoms with Gasteiger partial charge in [-0.3, -0.25) is 0 Å². The summed E-state index contributed by atoms with van der Waals surface area (Å²) in [5, 5.41) is 3.18. The molecule has 0 saturated carbocycles. The lowest BCUT2D eigenvalue weighted by molar-refractivity contribution is 0.00819. The van der Waals surface area contributed by atoms with Crippen molar-refractivity contribution >= 4 is 33.3 Å². The molecular weight excluding hydrogens is 341 g/mol. The van der Waals surface area contributed by atoms with Crippen LogP contribution in [0.3, 0.4) is 0 Å². The molecule has 1 unspecified atom stereocenters. The van der Waals surface area contributed by atoms with Crippen molar-refractivity contribution < 1.29 is 13.2 Å². The number of alkyl halides is 4. The molecule has 0 nitrogen and oxygen atoms in total. The van der Waals surface area contributed by atoms with Gasteiger partial charge in [0.25, 0.3) is 0 Å². The number of hydrogen-bond acceptors (Lipinski definition) is 0. The molecule has 0 spiro atoms. The van der Waals surface area contributed by atoms with Crippen molar-refractivity contribution in [1.82, 2.24) is 0 Å². The van der Waals surface area contributed by atoms with Gasteiger partial charge in [-0.15, -0.1) is 0 Å². The van der Waals surface area contributed by atoms with Gasteiger partial charge in [-0.1, -0.05) is 54.1 Å². The van der Waals surface area contributed by atoms with Gasteiger partial charge in [-0.2, -0.15) is 13.2 Å². The van der Waals surface area contributed by atoms with Gasteiger partial charge in [-0.05, 0) is 35.0 Å². The minimum atomic E-state index is -3.67. The lowest BCUT2D eigenvalue weighted by atomic mass is 10.1. The van der Waals surface area contributed by atoms with Crippen molar-refractivity contribution in [3.8, 4) is 0 Å². The first-order valence-electron chi connectivity index (χ1n) is 6.84. The van der Waals surface area contributed by atoms with Crippen molar-refractivity contribution in [3.05, 3.63) is 72.8 Å². The van der Waals surface area contributed by atoms with E-state index in [2.05, 4.69) is 66.7 Å². The quantitative estimate of drug-likeness (QED) is 0.384. The summed E-state index contributed by atoms with van der Waals surface area (Å²) in [6.07, 6.45) is 0. The van der Waals surface area contributed by atoms with Crippen molar-refractivity contribution in [1.29, 1.82) is 0 Å². The van der Waals surface area contributed by atoms with Gasteiger partial charge in [0.15, 0.2) is 15.0 Å². The summed E-state index contributed by atoms with van der Waals surface area (Å²) in [5.74, 6) is 0. The van der Waals surface area contributed by atoms with Crippen LogP contribution >= 0.6 is 11.6 Å². The van der Waals surface area contributed by atoms with Crippen molar-refractivity contribution in [2.75, 3.05) is 5.21 Å². The predicted octanol–water partition coefficient (Wildman–Crippen LogP) is 6.25. The molecular formula is C18H15ClF3S+. The molecule has 23 heavy (non-hydrogen) atoms. The first-order valence-corrected chi connectivity index (χ1v) is 8.77. The molecule has 0 bridgehead atoms. The molecule has 0 N–H and O–H groups in total. The Balaban J connectivity index is 0.000000433. The Kier molecular flexibility index (Phi) is 6.81. The highest BCUT2D eigenvalue weighted by Crippen LogP contribution is 2.27. The Bertz CT molecular complexity index is 732. The van der Waals surface area contributed by atoms with Crippen LogP contribution in [0.25, 0.3) is 10.8 Å².